The molecule has 0 saturated heterocycles. The summed E-state index contributed by atoms with van der Waals surface area (Å²) in [6, 6.07) is 17.7. The molecule has 0 aliphatic carbocycles. The molecule has 9 heteroatoms. The second kappa shape index (κ2) is 13.4. The second-order valence-electron chi connectivity index (χ2n) is 6.71. The number of nitrogens with zero attached hydrogens (tertiary/aromatic N) is 1. The smallest absolute Gasteiger partial charge is 0.414 e. The number of hydrogen-bond donors (Lipinski definition) is 2. The summed E-state index contributed by atoms with van der Waals surface area (Å²) in [5.74, 6) is -0.640. The van der Waals surface area contributed by atoms with E-state index >= 15 is 0 Å². The van der Waals surface area contributed by atoms with Crippen LogP contribution < -0.4 is 10.6 Å². The number of carbonyl (C=O) groups excluding carboxylic acids is 3. The van der Waals surface area contributed by atoms with E-state index in [1.54, 1.807) is 13.8 Å². The molecule has 32 heavy (non-hydrogen) atoms. The summed E-state index contributed by atoms with van der Waals surface area (Å²) in [6.45, 7) is 3.67. The average molecular weight is 441 g/mol. The maximum atomic E-state index is 12.2. The third-order valence-electron chi connectivity index (χ3n) is 3.98. The van der Waals surface area contributed by atoms with Crippen molar-refractivity contribution in [2.75, 3.05) is 6.61 Å². The van der Waals surface area contributed by atoms with Gasteiger partial charge in [-0.15, -0.1) is 0 Å². The summed E-state index contributed by atoms with van der Waals surface area (Å²) in [7, 11) is 0. The van der Waals surface area contributed by atoms with E-state index < -0.39 is 24.2 Å². The van der Waals surface area contributed by atoms with Gasteiger partial charge >= 0.3 is 18.2 Å². The lowest BCUT2D eigenvalue weighted by Gasteiger charge is -2.14. The highest BCUT2D eigenvalue weighted by Gasteiger charge is 2.16. The lowest BCUT2D eigenvalue weighted by molar-refractivity contribution is -0.143. The van der Waals surface area contributed by atoms with Crippen LogP contribution in [-0.4, -0.2) is 36.8 Å². The summed E-state index contributed by atoms with van der Waals surface area (Å²) in [6.07, 6.45) is -1.67. The number of benzene rings is 2. The van der Waals surface area contributed by atoms with E-state index in [1.165, 1.54) is 0 Å². The molecule has 2 aromatic rings. The third kappa shape index (κ3) is 9.75. The lowest BCUT2D eigenvalue weighted by atomic mass is 10.2. The minimum absolute atomic E-state index is 0.0289. The van der Waals surface area contributed by atoms with E-state index in [9.17, 15) is 14.4 Å². The van der Waals surface area contributed by atoms with Crippen molar-refractivity contribution in [3.05, 3.63) is 71.8 Å². The summed E-state index contributed by atoms with van der Waals surface area (Å²) in [4.78, 5) is 40.3. The van der Waals surface area contributed by atoms with Gasteiger partial charge in [-0.3, -0.25) is 15.4 Å². The molecule has 0 fully saturated rings. The van der Waals surface area contributed by atoms with Gasteiger partial charge in [0.15, 0.2) is 0 Å². The van der Waals surface area contributed by atoms with Crippen molar-refractivity contribution < 1.29 is 28.6 Å². The zero-order chi connectivity index (χ0) is 23.2. The van der Waals surface area contributed by atoms with Crippen LogP contribution in [0.5, 0.6) is 0 Å². The number of alkyl carbamates (subject to hydrolysis) is 2. The molecule has 1 unspecified atom stereocenters. The third-order valence-corrected chi connectivity index (χ3v) is 3.98. The van der Waals surface area contributed by atoms with Crippen molar-refractivity contribution in [2.45, 2.75) is 39.5 Å². The number of carbonyl (C=O) groups is 3. The first-order valence-electron chi connectivity index (χ1n) is 10.1. The van der Waals surface area contributed by atoms with E-state index in [0.29, 0.717) is 0 Å². The number of guanidine groups is 1. The van der Waals surface area contributed by atoms with Gasteiger partial charge in [0.1, 0.15) is 13.2 Å². The first kappa shape index (κ1) is 24.4. The maximum absolute atomic E-state index is 12.2. The monoisotopic (exact) mass is 441 g/mol. The van der Waals surface area contributed by atoms with E-state index in [-0.39, 0.29) is 32.2 Å². The van der Waals surface area contributed by atoms with Crippen molar-refractivity contribution in [1.82, 2.24) is 10.6 Å². The predicted octanol–water partition coefficient (Wildman–Crippen LogP) is 3.54. The summed E-state index contributed by atoms with van der Waals surface area (Å²) < 4.78 is 15.2. The quantitative estimate of drug-likeness (QED) is 0.280. The minimum atomic E-state index is -0.820. The molecule has 0 heterocycles. The van der Waals surface area contributed by atoms with Crippen molar-refractivity contribution in [3.8, 4) is 0 Å². The molecule has 0 bridgehead atoms. The fraction of sp³-hybridized carbons (Fsp3) is 0.304. The summed E-state index contributed by atoms with van der Waals surface area (Å²) >= 11 is 0. The van der Waals surface area contributed by atoms with Crippen LogP contribution in [0.4, 0.5) is 9.59 Å². The van der Waals surface area contributed by atoms with Crippen LogP contribution in [-0.2, 0) is 32.2 Å². The van der Waals surface area contributed by atoms with E-state index in [2.05, 4.69) is 15.6 Å². The van der Waals surface area contributed by atoms with E-state index in [4.69, 9.17) is 14.2 Å². The highest BCUT2D eigenvalue weighted by molar-refractivity contribution is 6.01. The van der Waals surface area contributed by atoms with Crippen LogP contribution in [0.3, 0.4) is 0 Å². The molecular formula is C23H27N3O6. The molecule has 0 aromatic heterocycles. The Kier molecular flexibility index (Phi) is 10.2. The van der Waals surface area contributed by atoms with E-state index in [1.807, 2.05) is 60.7 Å². The van der Waals surface area contributed by atoms with Gasteiger partial charge in [0, 0.05) is 0 Å². The Morgan fingerprint density at radius 1 is 0.812 bits per heavy atom. The van der Waals surface area contributed by atoms with Crippen LogP contribution in [0.25, 0.3) is 0 Å². The molecule has 0 radical (unpaired) electrons. The molecular weight excluding hydrogens is 414 g/mol. The maximum Gasteiger partial charge on any atom is 0.414 e. The molecule has 0 aliphatic rings. The molecule has 0 saturated carbocycles. The normalized spacial score (nSPS) is 10.9. The molecule has 2 N–H and O–H groups in total. The van der Waals surface area contributed by atoms with Crippen LogP contribution in [0, 0.1) is 0 Å². The Balaban J connectivity index is 1.97. The van der Waals surface area contributed by atoms with Gasteiger partial charge in [-0.1, -0.05) is 60.7 Å². The van der Waals surface area contributed by atoms with Crippen molar-refractivity contribution >= 4 is 24.1 Å². The Morgan fingerprint density at radius 2 is 1.28 bits per heavy atom. The molecule has 9 nitrogen and oxygen atoms in total. The van der Waals surface area contributed by atoms with Crippen molar-refractivity contribution in [2.24, 2.45) is 4.99 Å². The topological polar surface area (TPSA) is 115 Å². The van der Waals surface area contributed by atoms with Gasteiger partial charge in [-0.05, 0) is 25.0 Å². The van der Waals surface area contributed by atoms with Gasteiger partial charge in [-0.25, -0.2) is 14.6 Å². The van der Waals surface area contributed by atoms with Gasteiger partial charge in [0.05, 0.1) is 19.1 Å². The lowest BCUT2D eigenvalue weighted by Crippen LogP contribution is -2.45. The molecule has 2 aromatic carbocycles. The standard InChI is InChI=1S/C23H27N3O6/c1-3-30-20(27)14-17(2)24-21(25-22(28)31-15-18-10-6-4-7-11-18)26-23(29)32-16-19-12-8-5-9-13-19/h4-13,17H,3,14-16H2,1-2H3,(H2,24,25,26,28,29). The van der Waals surface area contributed by atoms with Crippen LogP contribution in [0.15, 0.2) is 65.7 Å². The molecule has 170 valence electrons. The minimum Gasteiger partial charge on any atom is -0.466 e. The largest absolute Gasteiger partial charge is 0.466 e. The Bertz CT molecular complexity index is 843. The molecule has 0 aliphatic heterocycles. The van der Waals surface area contributed by atoms with Gasteiger partial charge < -0.3 is 14.2 Å². The Morgan fingerprint density at radius 3 is 1.72 bits per heavy atom. The number of aliphatic imine (C=N–C) groups is 1. The van der Waals surface area contributed by atoms with Crippen molar-refractivity contribution in [1.29, 1.82) is 0 Å². The molecule has 0 spiro atoms. The first-order valence-corrected chi connectivity index (χ1v) is 10.1. The Hall–Kier alpha value is -3.88. The van der Waals surface area contributed by atoms with Crippen molar-refractivity contribution in [3.63, 3.8) is 0 Å². The van der Waals surface area contributed by atoms with Gasteiger partial charge in [-0.2, -0.15) is 0 Å². The number of amides is 2. The zero-order valence-corrected chi connectivity index (χ0v) is 18.1. The summed E-state index contributed by atoms with van der Waals surface area (Å²) in [5.41, 5.74) is 1.60. The molecule has 2 rings (SSSR count). The Labute approximate surface area is 186 Å². The predicted molar refractivity (Wildman–Crippen MR) is 118 cm³/mol. The zero-order valence-electron chi connectivity index (χ0n) is 18.1. The van der Waals surface area contributed by atoms with E-state index in [0.717, 1.165) is 11.1 Å². The van der Waals surface area contributed by atoms with Crippen LogP contribution >= 0.6 is 0 Å². The first-order chi connectivity index (χ1) is 15.5. The SMILES string of the molecule is CCOC(=O)CC(C)N=C(NC(=O)OCc1ccccc1)NC(=O)OCc1ccccc1. The van der Waals surface area contributed by atoms with Crippen LogP contribution in [0.2, 0.25) is 0 Å². The van der Waals surface area contributed by atoms with Gasteiger partial charge in [0.2, 0.25) is 5.96 Å². The van der Waals surface area contributed by atoms with Gasteiger partial charge in [0.25, 0.3) is 0 Å². The number of rotatable bonds is 8. The van der Waals surface area contributed by atoms with Crippen LogP contribution in [0.1, 0.15) is 31.4 Å². The number of esters is 1. The molecule has 2 amide bonds. The second-order valence-corrected chi connectivity index (χ2v) is 6.71. The fourth-order valence-corrected chi connectivity index (χ4v) is 2.53. The number of ether oxygens (including phenoxy) is 3. The molecule has 1 atom stereocenters. The fourth-order valence-electron chi connectivity index (χ4n) is 2.53. The highest BCUT2D eigenvalue weighted by Crippen LogP contribution is 2.03. The number of hydrogen-bond acceptors (Lipinski definition) is 7. The summed E-state index contributed by atoms with van der Waals surface area (Å²) in [5, 5.41) is 4.75. The highest BCUT2D eigenvalue weighted by atomic mass is 16.6. The average Bonchev–Trinajstić information content (AvgIpc) is 2.77. The number of nitrogens with one attached hydrogen (secondary N) is 2.